The number of nitrogens with zero attached hydrogens (tertiary/aromatic N) is 2. The molecule has 19 heavy (non-hydrogen) atoms. The SMILES string of the molecule is CC(=O)c1cccnc1Oc1cccc([N+](=O)[O-])c1. The van der Waals surface area contributed by atoms with E-state index >= 15 is 0 Å². The van der Waals surface area contributed by atoms with Gasteiger partial charge in [0.1, 0.15) is 5.75 Å². The van der Waals surface area contributed by atoms with Crippen molar-refractivity contribution in [3.8, 4) is 11.6 Å². The van der Waals surface area contributed by atoms with Gasteiger partial charge >= 0.3 is 0 Å². The molecule has 0 spiro atoms. The largest absolute Gasteiger partial charge is 0.438 e. The molecule has 0 fully saturated rings. The molecule has 0 aliphatic heterocycles. The first-order valence-electron chi connectivity index (χ1n) is 5.46. The number of nitro benzene ring substituents is 1. The first kappa shape index (κ1) is 12.7. The first-order valence-corrected chi connectivity index (χ1v) is 5.46. The van der Waals surface area contributed by atoms with Crippen molar-refractivity contribution in [1.29, 1.82) is 0 Å². The Morgan fingerprint density at radius 3 is 2.79 bits per heavy atom. The molecule has 6 heteroatoms. The number of rotatable bonds is 4. The number of benzene rings is 1. The Balaban J connectivity index is 2.34. The number of hydrogen-bond acceptors (Lipinski definition) is 5. The average molecular weight is 258 g/mol. The second-order valence-electron chi connectivity index (χ2n) is 3.77. The van der Waals surface area contributed by atoms with Crippen LogP contribution in [0.25, 0.3) is 0 Å². The fourth-order valence-corrected chi connectivity index (χ4v) is 1.51. The number of hydrogen-bond donors (Lipinski definition) is 0. The highest BCUT2D eigenvalue weighted by molar-refractivity contribution is 5.96. The minimum absolute atomic E-state index is 0.0854. The minimum atomic E-state index is -0.517. The van der Waals surface area contributed by atoms with Crippen molar-refractivity contribution in [1.82, 2.24) is 4.98 Å². The van der Waals surface area contributed by atoms with Gasteiger partial charge in [-0.3, -0.25) is 14.9 Å². The summed E-state index contributed by atoms with van der Waals surface area (Å²) < 4.78 is 5.43. The Kier molecular flexibility index (Phi) is 3.51. The molecular weight excluding hydrogens is 248 g/mol. The average Bonchev–Trinajstić information content (AvgIpc) is 2.39. The van der Waals surface area contributed by atoms with Crippen LogP contribution in [0.15, 0.2) is 42.6 Å². The molecule has 0 aliphatic rings. The van der Waals surface area contributed by atoms with Crippen LogP contribution in [0.4, 0.5) is 5.69 Å². The number of ketones is 1. The highest BCUT2D eigenvalue weighted by atomic mass is 16.6. The van der Waals surface area contributed by atoms with E-state index in [0.29, 0.717) is 5.56 Å². The summed E-state index contributed by atoms with van der Waals surface area (Å²) >= 11 is 0. The number of aromatic nitrogens is 1. The zero-order valence-corrected chi connectivity index (χ0v) is 10.1. The van der Waals surface area contributed by atoms with Gasteiger partial charge in [0.05, 0.1) is 16.6 Å². The summed E-state index contributed by atoms with van der Waals surface area (Å²) in [6, 6.07) is 8.91. The van der Waals surface area contributed by atoms with Gasteiger partial charge in [-0.25, -0.2) is 4.98 Å². The van der Waals surface area contributed by atoms with Crippen LogP contribution < -0.4 is 4.74 Å². The van der Waals surface area contributed by atoms with Crippen molar-refractivity contribution in [3.05, 3.63) is 58.3 Å². The molecule has 0 unspecified atom stereocenters. The second-order valence-corrected chi connectivity index (χ2v) is 3.77. The molecule has 0 N–H and O–H groups in total. The van der Waals surface area contributed by atoms with Crippen LogP contribution in [0.5, 0.6) is 11.6 Å². The Morgan fingerprint density at radius 2 is 2.11 bits per heavy atom. The summed E-state index contributed by atoms with van der Waals surface area (Å²) in [6.07, 6.45) is 1.49. The third kappa shape index (κ3) is 2.92. The number of Topliss-reactive ketones (excluding diaryl/α,β-unsaturated/α-hetero) is 1. The maximum Gasteiger partial charge on any atom is 0.273 e. The van der Waals surface area contributed by atoms with Crippen LogP contribution in [0.2, 0.25) is 0 Å². The fourth-order valence-electron chi connectivity index (χ4n) is 1.51. The van der Waals surface area contributed by atoms with Gasteiger partial charge in [-0.2, -0.15) is 0 Å². The highest BCUT2D eigenvalue weighted by Crippen LogP contribution is 2.26. The van der Waals surface area contributed by atoms with E-state index in [-0.39, 0.29) is 23.1 Å². The summed E-state index contributed by atoms with van der Waals surface area (Å²) in [5, 5.41) is 10.7. The van der Waals surface area contributed by atoms with Crippen molar-refractivity contribution in [3.63, 3.8) is 0 Å². The maximum absolute atomic E-state index is 11.4. The molecule has 0 saturated carbocycles. The Hall–Kier alpha value is -2.76. The summed E-state index contributed by atoms with van der Waals surface area (Å²) in [7, 11) is 0. The van der Waals surface area contributed by atoms with Gasteiger partial charge < -0.3 is 4.74 Å². The molecule has 6 nitrogen and oxygen atoms in total. The van der Waals surface area contributed by atoms with Crippen molar-refractivity contribution in [2.75, 3.05) is 0 Å². The van der Waals surface area contributed by atoms with E-state index in [4.69, 9.17) is 4.74 Å². The lowest BCUT2D eigenvalue weighted by Crippen LogP contribution is -1.99. The quantitative estimate of drug-likeness (QED) is 0.478. The number of carbonyl (C=O) groups excluding carboxylic acids is 1. The smallest absolute Gasteiger partial charge is 0.273 e. The van der Waals surface area contributed by atoms with Crippen LogP contribution in [-0.2, 0) is 0 Å². The number of nitro groups is 1. The standard InChI is InChI=1S/C13H10N2O4/c1-9(16)12-6-3-7-14-13(12)19-11-5-2-4-10(8-11)15(17)18/h2-8H,1H3. The molecule has 0 bridgehead atoms. The minimum Gasteiger partial charge on any atom is -0.438 e. The lowest BCUT2D eigenvalue weighted by atomic mass is 10.2. The van der Waals surface area contributed by atoms with Gasteiger partial charge in [-0.1, -0.05) is 6.07 Å². The van der Waals surface area contributed by atoms with Gasteiger partial charge in [-0.15, -0.1) is 0 Å². The summed E-state index contributed by atoms with van der Waals surface area (Å²) in [4.78, 5) is 25.5. The normalized spacial score (nSPS) is 9.95. The van der Waals surface area contributed by atoms with E-state index in [1.54, 1.807) is 18.2 Å². The topological polar surface area (TPSA) is 82.3 Å². The molecular formula is C13H10N2O4. The monoisotopic (exact) mass is 258 g/mol. The van der Waals surface area contributed by atoms with E-state index in [2.05, 4.69) is 4.98 Å². The van der Waals surface area contributed by atoms with E-state index in [0.717, 1.165) is 0 Å². The fraction of sp³-hybridized carbons (Fsp3) is 0.0769. The number of non-ortho nitro benzene ring substituents is 1. The van der Waals surface area contributed by atoms with Crippen LogP contribution in [-0.4, -0.2) is 15.7 Å². The third-order valence-corrected chi connectivity index (χ3v) is 2.39. The molecule has 2 aromatic rings. The van der Waals surface area contributed by atoms with Gasteiger partial charge in [-0.05, 0) is 25.1 Å². The third-order valence-electron chi connectivity index (χ3n) is 2.39. The lowest BCUT2D eigenvalue weighted by Gasteiger charge is -2.07. The molecule has 1 aromatic carbocycles. The summed E-state index contributed by atoms with van der Waals surface area (Å²) in [6.45, 7) is 1.40. The second kappa shape index (κ2) is 5.26. The van der Waals surface area contributed by atoms with E-state index in [1.165, 1.54) is 31.3 Å². The number of ether oxygens (including phenoxy) is 1. The summed E-state index contributed by atoms with van der Waals surface area (Å²) in [5.41, 5.74) is 0.242. The Morgan fingerprint density at radius 1 is 1.32 bits per heavy atom. The van der Waals surface area contributed by atoms with Crippen LogP contribution in [0.1, 0.15) is 17.3 Å². The van der Waals surface area contributed by atoms with Gasteiger partial charge in [0.25, 0.3) is 5.69 Å². The molecule has 96 valence electrons. The zero-order valence-electron chi connectivity index (χ0n) is 10.1. The molecule has 0 amide bonds. The zero-order chi connectivity index (χ0) is 13.8. The lowest BCUT2D eigenvalue weighted by molar-refractivity contribution is -0.384. The molecule has 0 aliphatic carbocycles. The van der Waals surface area contributed by atoms with Crippen molar-refractivity contribution in [2.24, 2.45) is 0 Å². The molecule has 0 atom stereocenters. The van der Waals surface area contributed by atoms with Crippen LogP contribution >= 0.6 is 0 Å². The van der Waals surface area contributed by atoms with Gasteiger partial charge in [0.15, 0.2) is 5.78 Å². The predicted molar refractivity (Wildman–Crippen MR) is 67.4 cm³/mol. The highest BCUT2D eigenvalue weighted by Gasteiger charge is 2.12. The Labute approximate surface area is 108 Å². The van der Waals surface area contributed by atoms with E-state index in [1.807, 2.05) is 0 Å². The van der Waals surface area contributed by atoms with E-state index in [9.17, 15) is 14.9 Å². The number of pyridine rings is 1. The number of carbonyl (C=O) groups is 1. The summed E-state index contributed by atoms with van der Waals surface area (Å²) in [5.74, 6) is 0.208. The maximum atomic E-state index is 11.4. The van der Waals surface area contributed by atoms with Crippen molar-refractivity contribution < 1.29 is 14.5 Å². The Bertz CT molecular complexity index is 640. The van der Waals surface area contributed by atoms with Gasteiger partial charge in [0.2, 0.25) is 5.88 Å². The molecule has 0 radical (unpaired) electrons. The molecule has 2 rings (SSSR count). The van der Waals surface area contributed by atoms with Crippen molar-refractivity contribution in [2.45, 2.75) is 6.92 Å². The molecule has 1 heterocycles. The first-order chi connectivity index (χ1) is 9.08. The molecule has 1 aromatic heterocycles. The van der Waals surface area contributed by atoms with Crippen LogP contribution in [0, 0.1) is 10.1 Å². The van der Waals surface area contributed by atoms with Gasteiger partial charge in [0, 0.05) is 12.3 Å². The van der Waals surface area contributed by atoms with E-state index < -0.39 is 4.92 Å². The molecule has 0 saturated heterocycles. The van der Waals surface area contributed by atoms with Crippen LogP contribution in [0.3, 0.4) is 0 Å². The predicted octanol–water partition coefficient (Wildman–Crippen LogP) is 2.98. The van der Waals surface area contributed by atoms with Crippen molar-refractivity contribution >= 4 is 11.5 Å².